The topological polar surface area (TPSA) is 80.7 Å². The fourth-order valence-corrected chi connectivity index (χ4v) is 7.47. The summed E-state index contributed by atoms with van der Waals surface area (Å²) >= 11 is 0. The normalized spacial score (nSPS) is 47.6. The molecule has 0 amide bonds. The van der Waals surface area contributed by atoms with Crippen molar-refractivity contribution >= 4 is 17.5 Å². The second-order valence-corrected chi connectivity index (χ2v) is 10.4. The largest absolute Gasteiger partial charge is 0.460 e. The molecule has 0 aromatic heterocycles. The minimum Gasteiger partial charge on any atom is -0.460 e. The molecule has 0 spiro atoms. The predicted molar refractivity (Wildman–Crippen MR) is 103 cm³/mol. The fourth-order valence-electron chi connectivity index (χ4n) is 7.47. The molecule has 28 heavy (non-hydrogen) atoms. The molecule has 5 nitrogen and oxygen atoms in total. The highest BCUT2D eigenvalue weighted by atomic mass is 16.5. The van der Waals surface area contributed by atoms with E-state index in [9.17, 15) is 19.5 Å². The third kappa shape index (κ3) is 3.05. The Morgan fingerprint density at radius 3 is 2.50 bits per heavy atom. The lowest BCUT2D eigenvalue weighted by Crippen LogP contribution is -2.50. The van der Waals surface area contributed by atoms with Gasteiger partial charge in [0.2, 0.25) is 5.78 Å². The second-order valence-electron chi connectivity index (χ2n) is 10.4. The maximum absolute atomic E-state index is 13.2. The number of esters is 1. The van der Waals surface area contributed by atoms with Gasteiger partial charge in [-0.3, -0.25) is 9.59 Å². The van der Waals surface area contributed by atoms with Crippen LogP contribution < -0.4 is 0 Å². The minimum absolute atomic E-state index is 0.0253. The summed E-state index contributed by atoms with van der Waals surface area (Å²) in [5.41, 5.74) is -1.00. The smallest absolute Gasteiger partial charge is 0.375 e. The second kappa shape index (κ2) is 6.93. The number of aliphatic hydroxyl groups is 1. The molecule has 0 saturated heterocycles. The van der Waals surface area contributed by atoms with Crippen LogP contribution in [0.4, 0.5) is 0 Å². The zero-order valence-electron chi connectivity index (χ0n) is 17.4. The van der Waals surface area contributed by atoms with E-state index in [-0.39, 0.29) is 18.3 Å². The van der Waals surface area contributed by atoms with Gasteiger partial charge < -0.3 is 9.84 Å². The van der Waals surface area contributed by atoms with Crippen molar-refractivity contribution in [2.45, 2.75) is 77.7 Å². The first-order valence-corrected chi connectivity index (χ1v) is 11.2. The van der Waals surface area contributed by atoms with Crippen LogP contribution in [0.5, 0.6) is 0 Å². The Bertz CT molecular complexity index is 682. The van der Waals surface area contributed by atoms with Gasteiger partial charge in [-0.05, 0) is 94.8 Å². The van der Waals surface area contributed by atoms with Gasteiger partial charge in [-0.2, -0.15) is 0 Å². The maximum Gasteiger partial charge on any atom is 0.375 e. The first kappa shape index (κ1) is 20.1. The van der Waals surface area contributed by atoms with E-state index in [1.165, 1.54) is 0 Å². The quantitative estimate of drug-likeness (QED) is 0.454. The van der Waals surface area contributed by atoms with Crippen LogP contribution in [-0.2, 0) is 19.1 Å². The van der Waals surface area contributed by atoms with Crippen LogP contribution in [0.15, 0.2) is 0 Å². The summed E-state index contributed by atoms with van der Waals surface area (Å²) in [6.45, 7) is 5.83. The molecule has 0 heterocycles. The number of hydrogen-bond donors (Lipinski definition) is 1. The molecule has 4 saturated carbocycles. The van der Waals surface area contributed by atoms with Gasteiger partial charge in [0, 0.05) is 5.41 Å². The highest BCUT2D eigenvalue weighted by Crippen LogP contribution is 2.62. The molecule has 0 aromatic carbocycles. The van der Waals surface area contributed by atoms with E-state index in [0.29, 0.717) is 30.1 Å². The summed E-state index contributed by atoms with van der Waals surface area (Å²) in [4.78, 5) is 37.7. The lowest BCUT2D eigenvalue weighted by Gasteiger charge is -2.55. The Labute approximate surface area is 167 Å². The van der Waals surface area contributed by atoms with Crippen molar-refractivity contribution in [2.75, 3.05) is 6.61 Å². The van der Waals surface area contributed by atoms with E-state index in [1.54, 1.807) is 6.92 Å². The van der Waals surface area contributed by atoms with Crippen LogP contribution in [0.2, 0.25) is 0 Å². The van der Waals surface area contributed by atoms with E-state index in [2.05, 4.69) is 0 Å². The molecule has 1 unspecified atom stereocenters. The number of carbonyl (C=O) groups excluding carboxylic acids is 3. The van der Waals surface area contributed by atoms with E-state index in [4.69, 9.17) is 4.74 Å². The first-order valence-electron chi connectivity index (χ1n) is 11.2. The van der Waals surface area contributed by atoms with E-state index in [1.807, 2.05) is 13.8 Å². The third-order valence-electron chi connectivity index (χ3n) is 8.79. The number of Topliss-reactive ketones (excluding diaryl/α,β-unsaturated/α-hetero) is 2. The summed E-state index contributed by atoms with van der Waals surface area (Å²) in [7, 11) is 0. The van der Waals surface area contributed by atoms with Crippen molar-refractivity contribution in [1.29, 1.82) is 0 Å². The van der Waals surface area contributed by atoms with Crippen LogP contribution in [0.3, 0.4) is 0 Å². The average Bonchev–Trinajstić information content (AvgIpc) is 2.91. The average molecular weight is 391 g/mol. The first-order chi connectivity index (χ1) is 13.2. The molecular weight excluding hydrogens is 356 g/mol. The molecule has 0 aliphatic heterocycles. The predicted octanol–water partition coefficient (Wildman–Crippen LogP) is 3.32. The van der Waals surface area contributed by atoms with Crippen molar-refractivity contribution < 1.29 is 24.2 Å². The lowest BCUT2D eigenvalue weighted by atomic mass is 9.50. The van der Waals surface area contributed by atoms with Crippen molar-refractivity contribution in [3.63, 3.8) is 0 Å². The zero-order chi connectivity index (χ0) is 20.3. The monoisotopic (exact) mass is 390 g/mol. The van der Waals surface area contributed by atoms with E-state index < -0.39 is 28.7 Å². The van der Waals surface area contributed by atoms with Crippen molar-refractivity contribution in [3.05, 3.63) is 0 Å². The van der Waals surface area contributed by atoms with Gasteiger partial charge in [0.1, 0.15) is 5.78 Å². The SMILES string of the molecule is CCOC(=O)C(=O)C1C[C@H]2[C@@H]3CC[C@@H]4C[C@](C)(O)CC[C@@H]4[C@H]3CC[C@]2(C)C1=O. The Morgan fingerprint density at radius 2 is 1.79 bits per heavy atom. The van der Waals surface area contributed by atoms with Gasteiger partial charge in [-0.25, -0.2) is 4.79 Å². The number of hydrogen-bond acceptors (Lipinski definition) is 5. The fraction of sp³-hybridized carbons (Fsp3) is 0.870. The molecular formula is C23H34O5. The van der Waals surface area contributed by atoms with Gasteiger partial charge in [-0.1, -0.05) is 6.92 Å². The molecule has 4 rings (SSSR count). The van der Waals surface area contributed by atoms with Gasteiger partial charge >= 0.3 is 5.97 Å². The van der Waals surface area contributed by atoms with Gasteiger partial charge in [-0.15, -0.1) is 0 Å². The Hall–Kier alpha value is -1.23. The Balaban J connectivity index is 1.54. The van der Waals surface area contributed by atoms with Crippen LogP contribution in [0.25, 0.3) is 0 Å². The van der Waals surface area contributed by atoms with E-state index >= 15 is 0 Å². The summed E-state index contributed by atoms with van der Waals surface area (Å²) in [5, 5.41) is 10.5. The van der Waals surface area contributed by atoms with Crippen molar-refractivity contribution in [2.24, 2.45) is 40.9 Å². The van der Waals surface area contributed by atoms with Crippen LogP contribution in [0, 0.1) is 40.9 Å². The van der Waals surface area contributed by atoms with E-state index in [0.717, 1.165) is 44.9 Å². The summed E-state index contributed by atoms with van der Waals surface area (Å²) in [6, 6.07) is 0. The number of fused-ring (bicyclic) bond motifs is 5. The summed E-state index contributed by atoms with van der Waals surface area (Å²) < 4.78 is 4.88. The molecule has 8 atom stereocenters. The molecule has 156 valence electrons. The summed E-state index contributed by atoms with van der Waals surface area (Å²) in [5.74, 6) is 0.163. The molecule has 0 aromatic rings. The number of carbonyl (C=O) groups is 3. The van der Waals surface area contributed by atoms with Crippen LogP contribution >= 0.6 is 0 Å². The van der Waals surface area contributed by atoms with Gasteiger partial charge in [0.15, 0.2) is 0 Å². The maximum atomic E-state index is 13.2. The molecule has 0 radical (unpaired) electrons. The molecule has 4 fully saturated rings. The highest BCUT2D eigenvalue weighted by molar-refractivity contribution is 6.39. The number of ketones is 2. The van der Waals surface area contributed by atoms with Crippen molar-refractivity contribution in [1.82, 2.24) is 0 Å². The highest BCUT2D eigenvalue weighted by Gasteiger charge is 2.61. The van der Waals surface area contributed by atoms with Crippen LogP contribution in [0.1, 0.15) is 72.1 Å². The number of ether oxygens (including phenoxy) is 1. The molecule has 4 aliphatic rings. The minimum atomic E-state index is -0.849. The zero-order valence-corrected chi connectivity index (χ0v) is 17.4. The third-order valence-corrected chi connectivity index (χ3v) is 8.79. The Morgan fingerprint density at radius 1 is 1.07 bits per heavy atom. The Kier molecular flexibility index (Phi) is 4.96. The van der Waals surface area contributed by atoms with Crippen molar-refractivity contribution in [3.8, 4) is 0 Å². The molecule has 0 bridgehead atoms. The lowest BCUT2D eigenvalue weighted by molar-refractivity contribution is -0.157. The van der Waals surface area contributed by atoms with Gasteiger partial charge in [0.25, 0.3) is 0 Å². The standard InChI is InChI=1S/C23H34O5/c1-4-28-21(26)19(24)17-11-18-16-6-5-13-12-22(2,27)9-7-14(13)15(16)8-10-23(18,3)20(17)25/h13-18,27H,4-12H2,1-3H3/t13-,14+,15-,16-,17?,18+,22-,23+/m1/s1. The molecule has 5 heteroatoms. The summed E-state index contributed by atoms with van der Waals surface area (Å²) in [6.07, 6.45) is 7.39. The number of rotatable bonds is 3. The molecule has 1 N–H and O–H groups in total. The molecule has 4 aliphatic carbocycles. The van der Waals surface area contributed by atoms with Crippen LogP contribution in [-0.4, -0.2) is 34.9 Å². The van der Waals surface area contributed by atoms with Gasteiger partial charge in [0.05, 0.1) is 18.1 Å².